The van der Waals surface area contributed by atoms with Gasteiger partial charge in [-0.2, -0.15) is 0 Å². The normalized spacial score (nSPS) is 10.1. The molecule has 0 saturated carbocycles. The second-order valence-corrected chi connectivity index (χ2v) is 6.11. The quantitative estimate of drug-likeness (QED) is 0.489. The van der Waals surface area contributed by atoms with Crippen LogP contribution in [0.3, 0.4) is 0 Å². The molecule has 3 aromatic rings. The molecular formula is C18H15F2N3O3S. The van der Waals surface area contributed by atoms with Gasteiger partial charge in [-0.25, -0.2) is 13.6 Å². The molecule has 2 heterocycles. The van der Waals surface area contributed by atoms with Crippen molar-refractivity contribution in [3.63, 3.8) is 0 Å². The van der Waals surface area contributed by atoms with Crippen molar-refractivity contribution >= 4 is 34.4 Å². The van der Waals surface area contributed by atoms with Crippen LogP contribution in [0.1, 0.15) is 28.2 Å². The molecule has 0 bridgehead atoms. The Kier molecular flexibility index (Phi) is 5.86. The highest BCUT2D eigenvalue weighted by molar-refractivity contribution is 7.12. The number of anilines is 2. The summed E-state index contributed by atoms with van der Waals surface area (Å²) in [7, 11) is 0. The number of carbonyl (C=O) groups is 1. The fourth-order valence-electron chi connectivity index (χ4n) is 2.31. The number of nitrogens with one attached hydrogen (secondary N) is 3. The van der Waals surface area contributed by atoms with Crippen molar-refractivity contribution in [2.75, 3.05) is 5.32 Å². The summed E-state index contributed by atoms with van der Waals surface area (Å²) in [6.07, 6.45) is 1.27. The van der Waals surface area contributed by atoms with Crippen LogP contribution in [0.5, 0.6) is 0 Å². The molecule has 0 aliphatic carbocycles. The SMILES string of the molecule is C.N=C(c1csc(C(=O)O)c1)c1c(Nc2c(F)cccc2F)cc[nH]c1=O. The Hall–Kier alpha value is -3.33. The van der Waals surface area contributed by atoms with Gasteiger partial charge in [-0.1, -0.05) is 13.5 Å². The second kappa shape index (κ2) is 7.92. The third kappa shape index (κ3) is 3.93. The van der Waals surface area contributed by atoms with Crippen molar-refractivity contribution in [3.8, 4) is 0 Å². The molecule has 4 N–H and O–H groups in total. The molecule has 0 spiro atoms. The average Bonchev–Trinajstić information content (AvgIpc) is 3.08. The van der Waals surface area contributed by atoms with Crippen LogP contribution < -0.4 is 10.9 Å². The van der Waals surface area contributed by atoms with Gasteiger partial charge in [-0.05, 0) is 24.3 Å². The van der Waals surface area contributed by atoms with E-state index in [2.05, 4.69) is 10.3 Å². The number of aromatic carboxylic acids is 1. The van der Waals surface area contributed by atoms with E-state index < -0.39 is 28.9 Å². The number of aromatic nitrogens is 1. The van der Waals surface area contributed by atoms with Crippen molar-refractivity contribution in [1.82, 2.24) is 4.98 Å². The van der Waals surface area contributed by atoms with E-state index in [1.807, 2.05) is 0 Å². The van der Waals surface area contributed by atoms with E-state index in [0.29, 0.717) is 0 Å². The predicted octanol–water partition coefficient (Wildman–Crippen LogP) is 4.21. The molecule has 0 atom stereocenters. The van der Waals surface area contributed by atoms with Crippen LogP contribution in [0.25, 0.3) is 0 Å². The molecule has 3 rings (SSSR count). The molecule has 6 nitrogen and oxygen atoms in total. The molecule has 0 radical (unpaired) electrons. The van der Waals surface area contributed by atoms with Crippen LogP contribution in [-0.2, 0) is 0 Å². The number of aromatic amines is 1. The van der Waals surface area contributed by atoms with Crippen LogP contribution in [0.4, 0.5) is 20.2 Å². The Morgan fingerprint density at radius 3 is 2.48 bits per heavy atom. The lowest BCUT2D eigenvalue weighted by Gasteiger charge is -2.12. The van der Waals surface area contributed by atoms with E-state index in [0.717, 1.165) is 23.5 Å². The highest BCUT2D eigenvalue weighted by atomic mass is 32.1. The van der Waals surface area contributed by atoms with E-state index in [4.69, 9.17) is 10.5 Å². The molecule has 0 unspecified atom stereocenters. The van der Waals surface area contributed by atoms with Gasteiger partial charge >= 0.3 is 5.97 Å². The number of benzene rings is 1. The summed E-state index contributed by atoms with van der Waals surface area (Å²) < 4.78 is 27.8. The maximum atomic E-state index is 13.9. The second-order valence-electron chi connectivity index (χ2n) is 5.20. The standard InChI is InChI=1S/C17H11F2N3O3S.CH4/c18-9-2-1-3-10(19)15(9)22-11-4-5-21-16(23)13(11)14(20)8-6-12(17(24)25)26-7-8;/h1-7,20H,(H,24,25)(H2,21,22,23);1H4. The van der Waals surface area contributed by atoms with E-state index >= 15 is 0 Å². The minimum atomic E-state index is -1.15. The maximum Gasteiger partial charge on any atom is 0.345 e. The van der Waals surface area contributed by atoms with Crippen molar-refractivity contribution in [1.29, 1.82) is 5.41 Å². The Bertz CT molecular complexity index is 1060. The number of halogens is 2. The summed E-state index contributed by atoms with van der Waals surface area (Å²) in [6.45, 7) is 0. The van der Waals surface area contributed by atoms with Gasteiger partial charge in [0.2, 0.25) is 0 Å². The van der Waals surface area contributed by atoms with E-state index in [1.54, 1.807) is 0 Å². The Morgan fingerprint density at radius 1 is 1.22 bits per heavy atom. The van der Waals surface area contributed by atoms with Crippen molar-refractivity contribution in [2.24, 2.45) is 0 Å². The molecule has 1 aromatic carbocycles. The molecular weight excluding hydrogens is 376 g/mol. The van der Waals surface area contributed by atoms with Gasteiger partial charge in [0.05, 0.1) is 17.0 Å². The lowest BCUT2D eigenvalue weighted by molar-refractivity contribution is 0.0702. The Balaban J connectivity index is 0.00000261. The minimum absolute atomic E-state index is 0. The first kappa shape index (κ1) is 20.0. The molecule has 9 heteroatoms. The number of pyridine rings is 1. The Labute approximate surface area is 156 Å². The van der Waals surface area contributed by atoms with Gasteiger partial charge in [0.1, 0.15) is 22.2 Å². The number of thiophene rings is 1. The van der Waals surface area contributed by atoms with Crippen LogP contribution in [-0.4, -0.2) is 21.8 Å². The largest absolute Gasteiger partial charge is 0.477 e. The van der Waals surface area contributed by atoms with Crippen LogP contribution in [0.15, 0.2) is 46.7 Å². The van der Waals surface area contributed by atoms with Crippen LogP contribution >= 0.6 is 11.3 Å². The van der Waals surface area contributed by atoms with Crippen LogP contribution in [0.2, 0.25) is 0 Å². The third-order valence-electron chi connectivity index (χ3n) is 3.53. The first-order chi connectivity index (χ1) is 12.4. The smallest absolute Gasteiger partial charge is 0.345 e. The fraction of sp³-hybridized carbons (Fsp3) is 0.0556. The number of para-hydroxylation sites is 1. The summed E-state index contributed by atoms with van der Waals surface area (Å²) >= 11 is 0.908. The minimum Gasteiger partial charge on any atom is -0.477 e. The first-order valence-corrected chi connectivity index (χ1v) is 8.10. The highest BCUT2D eigenvalue weighted by Gasteiger charge is 2.19. The zero-order valence-corrected chi connectivity index (χ0v) is 13.8. The molecule has 0 aliphatic rings. The lowest BCUT2D eigenvalue weighted by atomic mass is 10.0. The fourth-order valence-corrected chi connectivity index (χ4v) is 3.04. The Morgan fingerprint density at radius 2 is 1.89 bits per heavy atom. The van der Waals surface area contributed by atoms with Crippen molar-refractivity contribution in [2.45, 2.75) is 7.43 Å². The summed E-state index contributed by atoms with van der Waals surface area (Å²) in [4.78, 5) is 25.6. The third-order valence-corrected chi connectivity index (χ3v) is 4.45. The van der Waals surface area contributed by atoms with E-state index in [1.165, 1.54) is 29.8 Å². The number of hydrogen-bond donors (Lipinski definition) is 4. The summed E-state index contributed by atoms with van der Waals surface area (Å²) in [5.74, 6) is -2.86. The molecule has 2 aromatic heterocycles. The van der Waals surface area contributed by atoms with E-state index in [-0.39, 0.29) is 34.8 Å². The first-order valence-electron chi connectivity index (χ1n) is 7.22. The zero-order valence-electron chi connectivity index (χ0n) is 13.0. The molecule has 0 amide bonds. The van der Waals surface area contributed by atoms with E-state index in [9.17, 15) is 18.4 Å². The maximum absolute atomic E-state index is 13.9. The van der Waals surface area contributed by atoms with Crippen LogP contribution in [0, 0.1) is 17.0 Å². The molecule has 27 heavy (non-hydrogen) atoms. The average molecular weight is 391 g/mol. The number of rotatable bonds is 5. The number of carboxylic acids is 1. The van der Waals surface area contributed by atoms with Gasteiger partial charge in [0.15, 0.2) is 0 Å². The topological polar surface area (TPSA) is 106 Å². The molecule has 0 aliphatic heterocycles. The van der Waals surface area contributed by atoms with Gasteiger partial charge in [-0.3, -0.25) is 10.2 Å². The van der Waals surface area contributed by atoms with Gasteiger partial charge in [-0.15, -0.1) is 11.3 Å². The number of carboxylic acid groups (broad SMARTS) is 1. The monoisotopic (exact) mass is 391 g/mol. The highest BCUT2D eigenvalue weighted by Crippen LogP contribution is 2.26. The van der Waals surface area contributed by atoms with Gasteiger partial charge in [0.25, 0.3) is 5.56 Å². The number of H-pyrrole nitrogens is 1. The van der Waals surface area contributed by atoms with Crippen molar-refractivity contribution in [3.05, 3.63) is 79.9 Å². The summed E-state index contributed by atoms with van der Waals surface area (Å²) in [6, 6.07) is 5.94. The lowest BCUT2D eigenvalue weighted by Crippen LogP contribution is -2.20. The summed E-state index contributed by atoms with van der Waals surface area (Å²) in [5.41, 5.74) is -1.31. The van der Waals surface area contributed by atoms with Gasteiger partial charge in [0, 0.05) is 17.1 Å². The molecule has 140 valence electrons. The number of hydrogen-bond acceptors (Lipinski definition) is 5. The summed E-state index contributed by atoms with van der Waals surface area (Å²) in [5, 5.41) is 21.2. The zero-order chi connectivity index (χ0) is 18.8. The molecule has 0 fully saturated rings. The van der Waals surface area contributed by atoms with Gasteiger partial charge < -0.3 is 15.4 Å². The predicted molar refractivity (Wildman–Crippen MR) is 101 cm³/mol. The van der Waals surface area contributed by atoms with Crippen molar-refractivity contribution < 1.29 is 18.7 Å². The molecule has 0 saturated heterocycles.